The van der Waals surface area contributed by atoms with Crippen molar-refractivity contribution >= 4 is 11.9 Å². The van der Waals surface area contributed by atoms with E-state index in [0.29, 0.717) is 26.2 Å². The SMILES string of the molecule is COC(=O)C[C@@H]1COc2cc(CCc3ccc(C)c(-c4c(C)nc(N5CCOCC5)nc4C)c3C)ccc21. The lowest BCUT2D eigenvalue weighted by atomic mass is 9.88. The third-order valence-corrected chi connectivity index (χ3v) is 7.87. The highest BCUT2D eigenvalue weighted by Crippen LogP contribution is 2.38. The molecule has 0 spiro atoms. The molecule has 2 aliphatic heterocycles. The number of methoxy groups -OCH3 is 1. The van der Waals surface area contributed by atoms with Gasteiger partial charge in [0, 0.05) is 30.1 Å². The number of aromatic nitrogens is 2. The number of morpholine rings is 1. The van der Waals surface area contributed by atoms with Gasteiger partial charge in [0.2, 0.25) is 5.95 Å². The van der Waals surface area contributed by atoms with Gasteiger partial charge in [0.25, 0.3) is 0 Å². The van der Waals surface area contributed by atoms with Crippen LogP contribution in [-0.4, -0.2) is 56.0 Å². The molecule has 0 N–H and O–H groups in total. The molecule has 200 valence electrons. The van der Waals surface area contributed by atoms with E-state index in [2.05, 4.69) is 62.9 Å². The zero-order valence-electron chi connectivity index (χ0n) is 23.1. The quantitative estimate of drug-likeness (QED) is 0.408. The van der Waals surface area contributed by atoms with E-state index >= 15 is 0 Å². The Labute approximate surface area is 225 Å². The smallest absolute Gasteiger partial charge is 0.306 e. The topological polar surface area (TPSA) is 73.8 Å². The molecule has 7 nitrogen and oxygen atoms in total. The summed E-state index contributed by atoms with van der Waals surface area (Å²) >= 11 is 0. The van der Waals surface area contributed by atoms with Gasteiger partial charge in [-0.25, -0.2) is 9.97 Å². The van der Waals surface area contributed by atoms with E-state index in [9.17, 15) is 4.79 Å². The molecule has 1 atom stereocenters. The molecule has 2 aliphatic rings. The Balaban J connectivity index is 1.36. The molecule has 0 unspecified atom stereocenters. The summed E-state index contributed by atoms with van der Waals surface area (Å²) in [4.78, 5) is 23.8. The van der Waals surface area contributed by atoms with Crippen LogP contribution >= 0.6 is 0 Å². The number of carbonyl (C=O) groups is 1. The van der Waals surface area contributed by atoms with E-state index < -0.39 is 0 Å². The van der Waals surface area contributed by atoms with Crippen LogP contribution in [0.1, 0.15) is 51.5 Å². The van der Waals surface area contributed by atoms with Crippen molar-refractivity contribution in [2.75, 3.05) is 44.9 Å². The summed E-state index contributed by atoms with van der Waals surface area (Å²) in [6.07, 6.45) is 2.19. The Kier molecular flexibility index (Phi) is 7.65. The highest BCUT2D eigenvalue weighted by Gasteiger charge is 2.27. The molecule has 1 saturated heterocycles. The predicted octanol–water partition coefficient (Wildman–Crippen LogP) is 5.04. The normalized spacial score (nSPS) is 16.8. The molecule has 3 aromatic rings. The van der Waals surface area contributed by atoms with Gasteiger partial charge in [-0.05, 0) is 74.4 Å². The highest BCUT2D eigenvalue weighted by atomic mass is 16.5. The fourth-order valence-corrected chi connectivity index (χ4v) is 5.72. The number of hydrogen-bond donors (Lipinski definition) is 0. The zero-order chi connectivity index (χ0) is 26.8. The molecule has 5 rings (SSSR count). The monoisotopic (exact) mass is 515 g/mol. The van der Waals surface area contributed by atoms with Crippen LogP contribution in [0.15, 0.2) is 30.3 Å². The maximum absolute atomic E-state index is 11.7. The number of ether oxygens (including phenoxy) is 3. The lowest BCUT2D eigenvalue weighted by molar-refractivity contribution is -0.141. The Morgan fingerprint density at radius 1 is 1.00 bits per heavy atom. The molecule has 7 heteroatoms. The van der Waals surface area contributed by atoms with Crippen molar-refractivity contribution in [2.45, 2.75) is 52.9 Å². The summed E-state index contributed by atoms with van der Waals surface area (Å²) in [6, 6.07) is 10.9. The van der Waals surface area contributed by atoms with Crippen LogP contribution in [0.25, 0.3) is 11.1 Å². The van der Waals surface area contributed by atoms with Gasteiger partial charge in [0.05, 0.1) is 44.7 Å². The Morgan fingerprint density at radius 2 is 1.74 bits per heavy atom. The van der Waals surface area contributed by atoms with E-state index in [0.717, 1.165) is 60.1 Å². The molecule has 0 amide bonds. The largest absolute Gasteiger partial charge is 0.493 e. The first-order valence-electron chi connectivity index (χ1n) is 13.5. The van der Waals surface area contributed by atoms with E-state index in [1.807, 2.05) is 0 Å². The Morgan fingerprint density at radius 3 is 2.45 bits per heavy atom. The Hall–Kier alpha value is -3.45. The molecule has 1 fully saturated rings. The van der Waals surface area contributed by atoms with Gasteiger partial charge in [0.15, 0.2) is 0 Å². The second kappa shape index (κ2) is 11.1. The number of hydrogen-bond acceptors (Lipinski definition) is 7. The van der Waals surface area contributed by atoms with Crippen molar-refractivity contribution in [3.8, 4) is 16.9 Å². The average Bonchev–Trinajstić information content (AvgIpc) is 3.31. The molecule has 3 heterocycles. The first kappa shape index (κ1) is 26.2. The van der Waals surface area contributed by atoms with E-state index in [4.69, 9.17) is 24.2 Å². The first-order valence-corrected chi connectivity index (χ1v) is 13.5. The summed E-state index contributed by atoms with van der Waals surface area (Å²) in [5, 5.41) is 0. The van der Waals surface area contributed by atoms with Crippen molar-refractivity contribution < 1.29 is 19.0 Å². The maximum Gasteiger partial charge on any atom is 0.306 e. The second-order valence-electron chi connectivity index (χ2n) is 10.4. The average molecular weight is 516 g/mol. The molecular weight excluding hydrogens is 478 g/mol. The highest BCUT2D eigenvalue weighted by molar-refractivity contribution is 5.76. The maximum atomic E-state index is 11.7. The molecule has 38 heavy (non-hydrogen) atoms. The van der Waals surface area contributed by atoms with Gasteiger partial charge in [-0.1, -0.05) is 24.3 Å². The number of fused-ring (bicyclic) bond motifs is 1. The van der Waals surface area contributed by atoms with Crippen molar-refractivity contribution in [1.29, 1.82) is 0 Å². The molecule has 0 bridgehead atoms. The number of aryl methyl sites for hydroxylation is 5. The molecule has 0 aliphatic carbocycles. The summed E-state index contributed by atoms with van der Waals surface area (Å²) < 4.78 is 16.2. The van der Waals surface area contributed by atoms with Crippen LogP contribution in [0, 0.1) is 27.7 Å². The lowest BCUT2D eigenvalue weighted by Crippen LogP contribution is -2.37. The van der Waals surface area contributed by atoms with Gasteiger partial charge in [-0.15, -0.1) is 0 Å². The van der Waals surface area contributed by atoms with Crippen LogP contribution in [0.2, 0.25) is 0 Å². The zero-order valence-corrected chi connectivity index (χ0v) is 23.1. The number of anilines is 1. The Bertz CT molecular complexity index is 1320. The van der Waals surface area contributed by atoms with Gasteiger partial charge in [-0.2, -0.15) is 0 Å². The van der Waals surface area contributed by atoms with Crippen LogP contribution < -0.4 is 9.64 Å². The molecule has 0 saturated carbocycles. The molecule has 0 radical (unpaired) electrons. The number of rotatable bonds is 7. The third-order valence-electron chi connectivity index (χ3n) is 7.87. The number of nitrogens with zero attached hydrogens (tertiary/aromatic N) is 3. The molecule has 1 aromatic heterocycles. The summed E-state index contributed by atoms with van der Waals surface area (Å²) in [6.45, 7) is 12.2. The number of carbonyl (C=O) groups excluding carboxylic acids is 1. The van der Waals surface area contributed by atoms with Crippen LogP contribution in [0.5, 0.6) is 5.75 Å². The first-order chi connectivity index (χ1) is 18.4. The summed E-state index contributed by atoms with van der Waals surface area (Å²) in [5.74, 6) is 1.55. The molecule has 2 aromatic carbocycles. The van der Waals surface area contributed by atoms with Gasteiger partial charge in [0.1, 0.15) is 5.75 Å². The van der Waals surface area contributed by atoms with Crippen molar-refractivity contribution in [3.05, 3.63) is 69.5 Å². The van der Waals surface area contributed by atoms with Crippen LogP contribution in [-0.2, 0) is 27.1 Å². The minimum atomic E-state index is -0.201. The van der Waals surface area contributed by atoms with E-state index in [-0.39, 0.29) is 11.9 Å². The van der Waals surface area contributed by atoms with E-state index in [1.54, 1.807) is 0 Å². The van der Waals surface area contributed by atoms with Crippen molar-refractivity contribution in [1.82, 2.24) is 9.97 Å². The lowest BCUT2D eigenvalue weighted by Gasteiger charge is -2.28. The van der Waals surface area contributed by atoms with Gasteiger partial charge >= 0.3 is 5.97 Å². The molecular formula is C31H37N3O4. The summed E-state index contributed by atoms with van der Waals surface area (Å²) in [5.41, 5.74) is 10.6. The van der Waals surface area contributed by atoms with E-state index in [1.165, 1.54) is 34.9 Å². The third kappa shape index (κ3) is 5.25. The number of esters is 1. The van der Waals surface area contributed by atoms with Crippen LogP contribution in [0.3, 0.4) is 0 Å². The van der Waals surface area contributed by atoms with Crippen molar-refractivity contribution in [3.63, 3.8) is 0 Å². The summed E-state index contributed by atoms with van der Waals surface area (Å²) in [7, 11) is 1.43. The predicted molar refractivity (Wildman–Crippen MR) is 148 cm³/mol. The van der Waals surface area contributed by atoms with Crippen molar-refractivity contribution in [2.24, 2.45) is 0 Å². The van der Waals surface area contributed by atoms with Crippen LogP contribution in [0.4, 0.5) is 5.95 Å². The fourth-order valence-electron chi connectivity index (χ4n) is 5.72. The van der Waals surface area contributed by atoms with Gasteiger partial charge in [-0.3, -0.25) is 4.79 Å². The second-order valence-corrected chi connectivity index (χ2v) is 10.4. The number of benzene rings is 2. The minimum absolute atomic E-state index is 0.0664. The minimum Gasteiger partial charge on any atom is -0.493 e. The fraction of sp³-hybridized carbons (Fsp3) is 0.452. The standard InChI is InChI=1S/C31H37N3O4/c1-19-6-9-24(10-7-23-8-11-26-25(17-28(35)36-5)18-38-27(26)16-23)20(2)29(19)30-21(3)32-31(33-22(30)4)34-12-14-37-15-13-34/h6,8-9,11,16,25H,7,10,12-15,17-18H2,1-5H3/t25-/m1/s1. The van der Waals surface area contributed by atoms with Gasteiger partial charge < -0.3 is 19.1 Å².